The third kappa shape index (κ3) is 3.86. The zero-order valence-corrected chi connectivity index (χ0v) is 13.9. The van der Waals surface area contributed by atoms with E-state index in [2.05, 4.69) is 5.92 Å². The van der Waals surface area contributed by atoms with Gasteiger partial charge in [-0.1, -0.05) is 36.3 Å². The zero-order chi connectivity index (χ0) is 17.7. The Balaban J connectivity index is 1.62. The molecule has 0 radical (unpaired) electrons. The summed E-state index contributed by atoms with van der Waals surface area (Å²) in [5.74, 6) is 3.84. The van der Waals surface area contributed by atoms with Crippen molar-refractivity contribution in [3.8, 4) is 23.8 Å². The quantitative estimate of drug-likeness (QED) is 0.690. The van der Waals surface area contributed by atoms with Crippen molar-refractivity contribution in [1.29, 1.82) is 0 Å². The average molecular weight is 336 g/mol. The lowest BCUT2D eigenvalue weighted by atomic mass is 9.92. The van der Waals surface area contributed by atoms with Crippen LogP contribution in [0.3, 0.4) is 0 Å². The van der Waals surface area contributed by atoms with E-state index < -0.39 is 5.60 Å². The highest BCUT2D eigenvalue weighted by Crippen LogP contribution is 2.31. The number of hydrogen-bond acceptors (Lipinski definition) is 4. The van der Waals surface area contributed by atoms with Crippen LogP contribution in [0.1, 0.15) is 12.8 Å². The molecule has 0 atom stereocenters. The Kier molecular flexibility index (Phi) is 4.80. The Morgan fingerprint density at radius 2 is 1.72 bits per heavy atom. The van der Waals surface area contributed by atoms with Gasteiger partial charge in [0.25, 0.3) is 0 Å². The van der Waals surface area contributed by atoms with Crippen molar-refractivity contribution in [3.05, 3.63) is 54.6 Å². The number of likely N-dealkylation sites (tertiary alicyclic amines) is 1. The molecule has 1 aliphatic rings. The molecule has 1 aliphatic heterocycles. The maximum atomic E-state index is 12.3. The average Bonchev–Trinajstić information content (AvgIpc) is 2.65. The molecule has 0 bridgehead atoms. The van der Waals surface area contributed by atoms with E-state index in [9.17, 15) is 4.79 Å². The number of nitrogens with zero attached hydrogens (tertiary/aromatic N) is 1. The van der Waals surface area contributed by atoms with Crippen molar-refractivity contribution < 1.29 is 14.3 Å². The summed E-state index contributed by atoms with van der Waals surface area (Å²) >= 11 is 0. The number of nitrogens with two attached hydrogens (primary N) is 1. The van der Waals surface area contributed by atoms with Crippen molar-refractivity contribution in [2.45, 2.75) is 18.4 Å². The molecular formula is C20H20N2O3. The predicted octanol–water partition coefficient (Wildman–Crippen LogP) is 3.31. The molecule has 128 valence electrons. The van der Waals surface area contributed by atoms with Gasteiger partial charge in [-0.2, -0.15) is 0 Å². The highest BCUT2D eigenvalue weighted by molar-refractivity contribution is 5.70. The van der Waals surface area contributed by atoms with Gasteiger partial charge in [-0.3, -0.25) is 0 Å². The second kappa shape index (κ2) is 7.18. The lowest BCUT2D eigenvalue weighted by molar-refractivity contribution is 0.0510. The molecular weight excluding hydrogens is 316 g/mol. The van der Waals surface area contributed by atoms with Gasteiger partial charge in [0.2, 0.25) is 0 Å². The first-order chi connectivity index (χ1) is 12.1. The van der Waals surface area contributed by atoms with Gasteiger partial charge in [0.15, 0.2) is 5.60 Å². The molecule has 0 aliphatic carbocycles. The number of terminal acetylenes is 1. The van der Waals surface area contributed by atoms with E-state index in [0.717, 1.165) is 0 Å². The van der Waals surface area contributed by atoms with Gasteiger partial charge in [-0.15, -0.1) is 6.42 Å². The van der Waals surface area contributed by atoms with E-state index in [4.69, 9.17) is 21.6 Å². The number of hydrogen-bond donors (Lipinski definition) is 1. The first-order valence-corrected chi connectivity index (χ1v) is 8.15. The van der Waals surface area contributed by atoms with Crippen LogP contribution in [-0.2, 0) is 0 Å². The predicted molar refractivity (Wildman–Crippen MR) is 96.3 cm³/mol. The van der Waals surface area contributed by atoms with Crippen LogP contribution in [0, 0.1) is 12.3 Å². The summed E-state index contributed by atoms with van der Waals surface area (Å²) in [5.41, 5.74) is 5.71. The number of para-hydroxylation sites is 3. The summed E-state index contributed by atoms with van der Waals surface area (Å²) in [6.07, 6.45) is 6.38. The molecule has 25 heavy (non-hydrogen) atoms. The number of carbonyl (C=O) groups excluding carboxylic acids is 1. The van der Waals surface area contributed by atoms with E-state index >= 15 is 0 Å². The molecule has 1 heterocycles. The van der Waals surface area contributed by atoms with Gasteiger partial charge in [0.05, 0.1) is 5.69 Å². The largest absolute Gasteiger partial charge is 0.472 e. The van der Waals surface area contributed by atoms with Crippen molar-refractivity contribution in [2.75, 3.05) is 18.8 Å². The molecule has 2 aromatic rings. The van der Waals surface area contributed by atoms with Crippen LogP contribution in [-0.4, -0.2) is 29.7 Å². The topological polar surface area (TPSA) is 64.8 Å². The van der Waals surface area contributed by atoms with Crippen molar-refractivity contribution in [3.63, 3.8) is 0 Å². The molecule has 1 amide bonds. The molecule has 2 aromatic carbocycles. The monoisotopic (exact) mass is 336 g/mol. The highest BCUT2D eigenvalue weighted by Gasteiger charge is 2.37. The first-order valence-electron chi connectivity index (χ1n) is 8.15. The number of ether oxygens (including phenoxy) is 2. The highest BCUT2D eigenvalue weighted by atomic mass is 16.6. The number of carbonyl (C=O) groups is 1. The molecule has 0 unspecified atom stereocenters. The third-order valence-corrected chi connectivity index (χ3v) is 4.27. The maximum Gasteiger partial charge on any atom is 0.415 e. The fourth-order valence-corrected chi connectivity index (χ4v) is 2.76. The molecule has 1 saturated heterocycles. The van der Waals surface area contributed by atoms with E-state index in [1.54, 1.807) is 29.2 Å². The molecule has 0 saturated carbocycles. The summed E-state index contributed by atoms with van der Waals surface area (Å²) in [6.45, 7) is 0.922. The van der Waals surface area contributed by atoms with Gasteiger partial charge in [0.1, 0.15) is 11.5 Å². The third-order valence-electron chi connectivity index (χ3n) is 4.27. The van der Waals surface area contributed by atoms with Gasteiger partial charge in [0, 0.05) is 25.9 Å². The normalized spacial score (nSPS) is 15.9. The molecule has 5 nitrogen and oxygen atoms in total. The zero-order valence-electron chi connectivity index (χ0n) is 13.9. The van der Waals surface area contributed by atoms with Gasteiger partial charge < -0.3 is 20.1 Å². The minimum Gasteiger partial charge on any atom is -0.472 e. The number of rotatable bonds is 3. The van der Waals surface area contributed by atoms with Crippen molar-refractivity contribution in [2.24, 2.45) is 0 Å². The van der Waals surface area contributed by atoms with Gasteiger partial charge in [-0.05, 0) is 24.3 Å². The van der Waals surface area contributed by atoms with Gasteiger partial charge in [-0.25, -0.2) is 4.79 Å². The summed E-state index contributed by atoms with van der Waals surface area (Å²) in [6, 6.07) is 16.3. The molecule has 3 rings (SSSR count). The van der Waals surface area contributed by atoms with Crippen LogP contribution in [0.2, 0.25) is 0 Å². The van der Waals surface area contributed by atoms with Crippen molar-refractivity contribution >= 4 is 11.8 Å². The number of anilines is 1. The Labute approximate surface area is 147 Å². The van der Waals surface area contributed by atoms with Gasteiger partial charge >= 0.3 is 6.09 Å². The Morgan fingerprint density at radius 3 is 2.36 bits per heavy atom. The minimum atomic E-state index is -0.765. The molecule has 1 fully saturated rings. The Morgan fingerprint density at radius 1 is 1.08 bits per heavy atom. The second-order valence-electron chi connectivity index (χ2n) is 5.95. The standard InChI is InChI=1S/C20H20N2O3/c1-2-20(25-18-11-7-6-10-17(18)21)12-14-22(15-13-20)19(23)24-16-8-4-3-5-9-16/h1,3-11H,12-15,21H2. The second-order valence-corrected chi connectivity index (χ2v) is 5.95. The van der Waals surface area contributed by atoms with E-state index in [0.29, 0.717) is 43.1 Å². The van der Waals surface area contributed by atoms with Crippen LogP contribution >= 0.6 is 0 Å². The fourth-order valence-electron chi connectivity index (χ4n) is 2.76. The summed E-state index contributed by atoms with van der Waals surface area (Å²) in [4.78, 5) is 13.9. The van der Waals surface area contributed by atoms with E-state index in [-0.39, 0.29) is 6.09 Å². The van der Waals surface area contributed by atoms with Crippen LogP contribution in [0.4, 0.5) is 10.5 Å². The molecule has 5 heteroatoms. The number of nitrogen functional groups attached to an aromatic ring is 1. The van der Waals surface area contributed by atoms with Crippen molar-refractivity contribution in [1.82, 2.24) is 4.90 Å². The lowest BCUT2D eigenvalue weighted by Crippen LogP contribution is -2.49. The number of amides is 1. The number of piperidine rings is 1. The molecule has 0 spiro atoms. The summed E-state index contributed by atoms with van der Waals surface area (Å²) < 4.78 is 11.4. The molecule has 2 N–H and O–H groups in total. The fraction of sp³-hybridized carbons (Fsp3) is 0.250. The molecule has 0 aromatic heterocycles. The maximum absolute atomic E-state index is 12.3. The number of benzene rings is 2. The SMILES string of the molecule is C#CC1(Oc2ccccc2N)CCN(C(=O)Oc2ccccc2)CC1. The smallest absolute Gasteiger partial charge is 0.415 e. The first kappa shape index (κ1) is 16.7. The van der Waals surface area contributed by atoms with Crippen LogP contribution < -0.4 is 15.2 Å². The van der Waals surface area contributed by atoms with E-state index in [1.165, 1.54) is 0 Å². The van der Waals surface area contributed by atoms with Crippen LogP contribution in [0.5, 0.6) is 11.5 Å². The van der Waals surface area contributed by atoms with E-state index in [1.807, 2.05) is 30.3 Å². The Hall–Kier alpha value is -3.13. The summed E-state index contributed by atoms with van der Waals surface area (Å²) in [5, 5.41) is 0. The van der Waals surface area contributed by atoms with Crippen LogP contribution in [0.15, 0.2) is 54.6 Å². The lowest BCUT2D eigenvalue weighted by Gasteiger charge is -2.38. The minimum absolute atomic E-state index is 0.379. The van der Waals surface area contributed by atoms with Crippen LogP contribution in [0.25, 0.3) is 0 Å². The summed E-state index contributed by atoms with van der Waals surface area (Å²) in [7, 11) is 0. The Bertz CT molecular complexity index is 775.